The molecule has 0 aliphatic carbocycles. The lowest BCUT2D eigenvalue weighted by molar-refractivity contribution is 0.367. The molecule has 0 aliphatic rings. The topological polar surface area (TPSA) is 79.6 Å². The number of imidazole rings is 1. The second kappa shape index (κ2) is 4.58. The summed E-state index contributed by atoms with van der Waals surface area (Å²) in [6, 6.07) is 7.91. The molecule has 0 aliphatic heterocycles. The normalized spacial score (nSPS) is 11.2. The number of nitrogens with zero attached hydrogens (tertiary/aromatic N) is 3. The molecular formula is C12H13N5O. The lowest BCUT2D eigenvalue weighted by atomic mass is 10.3. The van der Waals surface area contributed by atoms with Gasteiger partial charge in [-0.1, -0.05) is 17.3 Å². The van der Waals surface area contributed by atoms with Gasteiger partial charge >= 0.3 is 0 Å². The summed E-state index contributed by atoms with van der Waals surface area (Å²) in [4.78, 5) is 12.0. The first-order valence-corrected chi connectivity index (χ1v) is 5.75. The zero-order valence-electron chi connectivity index (χ0n) is 9.97. The van der Waals surface area contributed by atoms with Crippen molar-refractivity contribution in [2.75, 3.05) is 7.05 Å². The molecule has 2 aromatic heterocycles. The molecule has 2 heterocycles. The highest BCUT2D eigenvalue weighted by Crippen LogP contribution is 2.12. The molecular weight excluding hydrogens is 230 g/mol. The highest BCUT2D eigenvalue weighted by atomic mass is 16.5. The predicted octanol–water partition coefficient (Wildman–Crippen LogP) is 1.26. The number of aromatic amines is 1. The zero-order valence-corrected chi connectivity index (χ0v) is 9.97. The average molecular weight is 243 g/mol. The van der Waals surface area contributed by atoms with E-state index >= 15 is 0 Å². The van der Waals surface area contributed by atoms with Crippen LogP contribution in [0, 0.1) is 0 Å². The van der Waals surface area contributed by atoms with Crippen molar-refractivity contribution < 1.29 is 4.52 Å². The number of fused-ring (bicyclic) bond motifs is 1. The van der Waals surface area contributed by atoms with Crippen molar-refractivity contribution in [2.24, 2.45) is 0 Å². The lowest BCUT2D eigenvalue weighted by Crippen LogP contribution is -2.05. The third-order valence-electron chi connectivity index (χ3n) is 2.60. The van der Waals surface area contributed by atoms with Crippen LogP contribution < -0.4 is 5.32 Å². The van der Waals surface area contributed by atoms with Crippen LogP contribution in [0.2, 0.25) is 0 Å². The number of hydrogen-bond donors (Lipinski definition) is 2. The van der Waals surface area contributed by atoms with Crippen LogP contribution in [0.15, 0.2) is 28.8 Å². The predicted molar refractivity (Wildman–Crippen MR) is 66.0 cm³/mol. The van der Waals surface area contributed by atoms with E-state index in [4.69, 9.17) is 4.52 Å². The molecule has 1 aromatic carbocycles. The Labute approximate surface area is 103 Å². The van der Waals surface area contributed by atoms with Gasteiger partial charge in [0.2, 0.25) is 5.89 Å². The van der Waals surface area contributed by atoms with Crippen LogP contribution in [0.4, 0.5) is 0 Å². The van der Waals surface area contributed by atoms with E-state index in [1.807, 2.05) is 31.3 Å². The first-order chi connectivity index (χ1) is 8.85. The van der Waals surface area contributed by atoms with E-state index in [1.54, 1.807) is 0 Å². The molecule has 18 heavy (non-hydrogen) atoms. The molecule has 0 radical (unpaired) electrons. The van der Waals surface area contributed by atoms with Gasteiger partial charge in [0.05, 0.1) is 24.0 Å². The van der Waals surface area contributed by atoms with Gasteiger partial charge in [0.15, 0.2) is 5.82 Å². The highest BCUT2D eigenvalue weighted by molar-refractivity contribution is 5.74. The van der Waals surface area contributed by atoms with Crippen molar-refractivity contribution in [1.29, 1.82) is 0 Å². The standard InChI is InChI=1S/C12H13N5O/c1-13-7-12-16-11(17-18-12)6-10-14-8-4-2-3-5-9(8)15-10/h2-5,13H,6-7H2,1H3,(H,14,15). The molecule has 0 fully saturated rings. The maximum absolute atomic E-state index is 5.09. The highest BCUT2D eigenvalue weighted by Gasteiger charge is 2.09. The Balaban J connectivity index is 1.82. The van der Waals surface area contributed by atoms with E-state index in [0.29, 0.717) is 24.7 Å². The van der Waals surface area contributed by atoms with E-state index in [-0.39, 0.29) is 0 Å². The third-order valence-corrected chi connectivity index (χ3v) is 2.60. The van der Waals surface area contributed by atoms with Crippen molar-refractivity contribution in [3.63, 3.8) is 0 Å². The van der Waals surface area contributed by atoms with Gasteiger partial charge in [0.25, 0.3) is 0 Å². The van der Waals surface area contributed by atoms with Crippen LogP contribution in [0.3, 0.4) is 0 Å². The number of rotatable bonds is 4. The number of aromatic nitrogens is 4. The van der Waals surface area contributed by atoms with Crippen LogP contribution >= 0.6 is 0 Å². The number of para-hydroxylation sites is 2. The molecule has 3 aromatic rings. The fourth-order valence-electron chi connectivity index (χ4n) is 1.82. The first-order valence-electron chi connectivity index (χ1n) is 5.75. The van der Waals surface area contributed by atoms with Crippen molar-refractivity contribution in [2.45, 2.75) is 13.0 Å². The maximum atomic E-state index is 5.09. The number of H-pyrrole nitrogens is 1. The Kier molecular flexibility index (Phi) is 2.77. The van der Waals surface area contributed by atoms with Crippen LogP contribution in [-0.4, -0.2) is 27.2 Å². The lowest BCUT2D eigenvalue weighted by Gasteiger charge is -1.88. The molecule has 0 bridgehead atoms. The second-order valence-corrected chi connectivity index (χ2v) is 4.01. The second-order valence-electron chi connectivity index (χ2n) is 4.01. The fourth-order valence-corrected chi connectivity index (χ4v) is 1.82. The molecule has 2 N–H and O–H groups in total. The van der Waals surface area contributed by atoms with Crippen molar-refractivity contribution in [3.05, 3.63) is 41.8 Å². The molecule has 6 heteroatoms. The number of nitrogens with one attached hydrogen (secondary N) is 2. The molecule has 0 unspecified atom stereocenters. The van der Waals surface area contributed by atoms with Gasteiger partial charge in [-0.15, -0.1) is 0 Å². The third kappa shape index (κ3) is 2.10. The Bertz CT molecular complexity index is 624. The monoisotopic (exact) mass is 243 g/mol. The van der Waals surface area contributed by atoms with Gasteiger partial charge in [0.1, 0.15) is 5.82 Å². The summed E-state index contributed by atoms with van der Waals surface area (Å²) in [5, 5.41) is 6.88. The summed E-state index contributed by atoms with van der Waals surface area (Å²) in [6.07, 6.45) is 0.544. The van der Waals surface area contributed by atoms with E-state index in [9.17, 15) is 0 Å². The number of benzene rings is 1. The molecule has 0 saturated heterocycles. The molecule has 0 amide bonds. The van der Waals surface area contributed by atoms with E-state index < -0.39 is 0 Å². The SMILES string of the molecule is CNCc1nc(Cc2nc3ccccc3[nH]2)no1. The molecule has 92 valence electrons. The summed E-state index contributed by atoms with van der Waals surface area (Å²) in [5.41, 5.74) is 1.97. The molecule has 0 spiro atoms. The van der Waals surface area contributed by atoms with Gasteiger partial charge in [-0.25, -0.2) is 4.98 Å². The van der Waals surface area contributed by atoms with Gasteiger partial charge in [-0.05, 0) is 19.2 Å². The Morgan fingerprint density at radius 2 is 2.17 bits per heavy atom. The first kappa shape index (κ1) is 10.9. The number of hydrogen-bond acceptors (Lipinski definition) is 5. The Morgan fingerprint density at radius 1 is 1.28 bits per heavy atom. The zero-order chi connectivity index (χ0) is 12.4. The largest absolute Gasteiger partial charge is 0.342 e. The molecule has 6 nitrogen and oxygen atoms in total. The fraction of sp³-hybridized carbons (Fsp3) is 0.250. The quantitative estimate of drug-likeness (QED) is 0.721. The Morgan fingerprint density at radius 3 is 3.00 bits per heavy atom. The van der Waals surface area contributed by atoms with Gasteiger partial charge < -0.3 is 14.8 Å². The van der Waals surface area contributed by atoms with Crippen LogP contribution in [0.1, 0.15) is 17.5 Å². The summed E-state index contributed by atoms with van der Waals surface area (Å²) in [5.74, 6) is 2.07. The molecule has 0 saturated carbocycles. The van der Waals surface area contributed by atoms with Crippen LogP contribution in [-0.2, 0) is 13.0 Å². The Hall–Kier alpha value is -2.21. The summed E-state index contributed by atoms with van der Waals surface area (Å²) >= 11 is 0. The minimum atomic E-state index is 0.544. The van der Waals surface area contributed by atoms with Gasteiger partial charge in [0, 0.05) is 0 Å². The minimum Gasteiger partial charge on any atom is -0.342 e. The van der Waals surface area contributed by atoms with Crippen molar-refractivity contribution in [3.8, 4) is 0 Å². The molecule has 0 atom stereocenters. The molecule has 3 rings (SSSR count). The van der Waals surface area contributed by atoms with Crippen LogP contribution in [0.5, 0.6) is 0 Å². The van der Waals surface area contributed by atoms with Gasteiger partial charge in [-0.3, -0.25) is 0 Å². The average Bonchev–Trinajstić information content (AvgIpc) is 2.96. The maximum Gasteiger partial charge on any atom is 0.240 e. The van der Waals surface area contributed by atoms with E-state index in [2.05, 4.69) is 25.4 Å². The van der Waals surface area contributed by atoms with Gasteiger partial charge in [-0.2, -0.15) is 4.98 Å². The van der Waals surface area contributed by atoms with Crippen LogP contribution in [0.25, 0.3) is 11.0 Å². The summed E-state index contributed by atoms with van der Waals surface area (Å²) in [6.45, 7) is 0.577. The van der Waals surface area contributed by atoms with E-state index in [0.717, 1.165) is 16.9 Å². The van der Waals surface area contributed by atoms with E-state index in [1.165, 1.54) is 0 Å². The minimum absolute atomic E-state index is 0.544. The smallest absolute Gasteiger partial charge is 0.240 e. The van der Waals surface area contributed by atoms with Crippen molar-refractivity contribution >= 4 is 11.0 Å². The summed E-state index contributed by atoms with van der Waals surface area (Å²) in [7, 11) is 1.84. The van der Waals surface area contributed by atoms with Crippen molar-refractivity contribution in [1.82, 2.24) is 25.4 Å². The summed E-state index contributed by atoms with van der Waals surface area (Å²) < 4.78 is 5.09.